The standard InChI is InChI=1S/C15H15N4O4/c1-8-18(11-6-7-12(20)17-13(11)21)14(22)9-4-2-3-5-10(9)19(8)15(16)23/h2-3,5,8,11H,6-7H2,1H3,(H2,16,23)(H,17,20,21). The number of piperidine rings is 1. The molecule has 0 aromatic heterocycles. The highest BCUT2D eigenvalue weighted by Crippen LogP contribution is 2.32. The van der Waals surface area contributed by atoms with E-state index in [-0.39, 0.29) is 24.3 Å². The number of carbonyl (C=O) groups excluding carboxylic acids is 4. The van der Waals surface area contributed by atoms with E-state index in [1.165, 1.54) is 9.80 Å². The minimum Gasteiger partial charge on any atom is -0.351 e. The van der Waals surface area contributed by atoms with Crippen LogP contribution < -0.4 is 16.0 Å². The molecule has 8 heteroatoms. The molecule has 23 heavy (non-hydrogen) atoms. The second-order valence-corrected chi connectivity index (χ2v) is 5.45. The zero-order chi connectivity index (χ0) is 16.7. The Morgan fingerprint density at radius 1 is 1.39 bits per heavy atom. The lowest BCUT2D eigenvalue weighted by Crippen LogP contribution is -2.64. The van der Waals surface area contributed by atoms with E-state index in [1.807, 2.05) is 0 Å². The largest absolute Gasteiger partial charge is 0.351 e. The van der Waals surface area contributed by atoms with Crippen LogP contribution in [0.5, 0.6) is 0 Å². The van der Waals surface area contributed by atoms with E-state index >= 15 is 0 Å². The van der Waals surface area contributed by atoms with Gasteiger partial charge in [-0.3, -0.25) is 24.6 Å². The molecule has 2 unspecified atom stereocenters. The maximum atomic E-state index is 12.8. The smallest absolute Gasteiger partial charge is 0.320 e. The van der Waals surface area contributed by atoms with Crippen LogP contribution in [-0.2, 0) is 9.59 Å². The number of nitrogens with one attached hydrogen (secondary N) is 1. The van der Waals surface area contributed by atoms with E-state index in [2.05, 4.69) is 11.4 Å². The first kappa shape index (κ1) is 15.0. The summed E-state index contributed by atoms with van der Waals surface area (Å²) in [6.07, 6.45) is -0.406. The van der Waals surface area contributed by atoms with Crippen LogP contribution in [0.3, 0.4) is 0 Å². The van der Waals surface area contributed by atoms with Gasteiger partial charge in [0, 0.05) is 6.42 Å². The second-order valence-electron chi connectivity index (χ2n) is 5.45. The Morgan fingerprint density at radius 3 is 2.78 bits per heavy atom. The van der Waals surface area contributed by atoms with Gasteiger partial charge >= 0.3 is 6.03 Å². The van der Waals surface area contributed by atoms with Crippen molar-refractivity contribution in [1.82, 2.24) is 10.2 Å². The molecule has 1 radical (unpaired) electrons. The lowest BCUT2D eigenvalue weighted by atomic mass is 9.99. The summed E-state index contributed by atoms with van der Waals surface area (Å²) in [5, 5.41) is 2.22. The number of urea groups is 1. The van der Waals surface area contributed by atoms with Crippen LogP contribution >= 0.6 is 0 Å². The van der Waals surface area contributed by atoms with Crippen molar-refractivity contribution in [3.05, 3.63) is 29.8 Å². The van der Waals surface area contributed by atoms with Crippen molar-refractivity contribution in [2.45, 2.75) is 32.0 Å². The summed E-state index contributed by atoms with van der Waals surface area (Å²) in [6.45, 7) is 1.61. The molecular weight excluding hydrogens is 300 g/mol. The Bertz CT molecular complexity index is 717. The number of nitrogens with two attached hydrogens (primary N) is 1. The van der Waals surface area contributed by atoms with Gasteiger partial charge in [-0.1, -0.05) is 12.1 Å². The van der Waals surface area contributed by atoms with Crippen LogP contribution in [-0.4, -0.2) is 40.9 Å². The molecule has 0 saturated carbocycles. The van der Waals surface area contributed by atoms with Gasteiger partial charge in [0.05, 0.1) is 11.3 Å². The Labute approximate surface area is 132 Å². The summed E-state index contributed by atoms with van der Waals surface area (Å²) in [5.41, 5.74) is 5.98. The minimum absolute atomic E-state index is 0.134. The molecule has 2 atom stereocenters. The van der Waals surface area contributed by atoms with E-state index in [0.29, 0.717) is 5.69 Å². The van der Waals surface area contributed by atoms with Crippen LogP contribution in [0, 0.1) is 6.07 Å². The molecule has 3 rings (SSSR count). The van der Waals surface area contributed by atoms with Crippen molar-refractivity contribution < 1.29 is 19.2 Å². The molecule has 5 amide bonds. The van der Waals surface area contributed by atoms with E-state index in [4.69, 9.17) is 5.73 Å². The monoisotopic (exact) mass is 315 g/mol. The molecule has 3 N–H and O–H groups in total. The summed E-state index contributed by atoms with van der Waals surface area (Å²) in [4.78, 5) is 50.6. The third-order valence-corrected chi connectivity index (χ3v) is 4.10. The first-order valence-electron chi connectivity index (χ1n) is 7.17. The topological polar surface area (TPSA) is 113 Å². The predicted molar refractivity (Wildman–Crippen MR) is 79.1 cm³/mol. The number of primary amides is 1. The van der Waals surface area contributed by atoms with E-state index < -0.39 is 30.1 Å². The van der Waals surface area contributed by atoms with Gasteiger partial charge in [0.25, 0.3) is 5.91 Å². The fourth-order valence-electron chi connectivity index (χ4n) is 3.08. The number of rotatable bonds is 1. The van der Waals surface area contributed by atoms with Gasteiger partial charge in [-0.05, 0) is 25.5 Å². The highest BCUT2D eigenvalue weighted by atomic mass is 16.2. The third kappa shape index (κ3) is 2.32. The second kappa shape index (κ2) is 5.38. The Morgan fingerprint density at radius 2 is 2.13 bits per heavy atom. The zero-order valence-electron chi connectivity index (χ0n) is 12.4. The number of fused-ring (bicyclic) bond motifs is 1. The van der Waals surface area contributed by atoms with Crippen molar-refractivity contribution in [3.8, 4) is 0 Å². The Kier molecular flexibility index (Phi) is 3.51. The summed E-state index contributed by atoms with van der Waals surface area (Å²) in [6, 6.07) is 6.03. The van der Waals surface area contributed by atoms with Crippen LogP contribution in [0.15, 0.2) is 18.2 Å². The van der Waals surface area contributed by atoms with Gasteiger partial charge in [-0.15, -0.1) is 0 Å². The number of nitrogens with zero attached hydrogens (tertiary/aromatic N) is 2. The normalized spacial score (nSPS) is 24.3. The highest BCUT2D eigenvalue weighted by molar-refractivity contribution is 6.10. The van der Waals surface area contributed by atoms with Gasteiger partial charge in [-0.2, -0.15) is 0 Å². The molecule has 8 nitrogen and oxygen atoms in total. The number of carbonyl (C=O) groups is 4. The van der Waals surface area contributed by atoms with Crippen LogP contribution in [0.2, 0.25) is 0 Å². The van der Waals surface area contributed by atoms with Crippen molar-refractivity contribution in [1.29, 1.82) is 0 Å². The summed E-state index contributed by atoms with van der Waals surface area (Å²) in [7, 11) is 0. The van der Waals surface area contributed by atoms with Crippen molar-refractivity contribution >= 4 is 29.4 Å². The molecule has 0 spiro atoms. The first-order valence-corrected chi connectivity index (χ1v) is 7.17. The number of benzene rings is 1. The van der Waals surface area contributed by atoms with Crippen LogP contribution in [0.1, 0.15) is 30.1 Å². The molecule has 1 aromatic carbocycles. The zero-order valence-corrected chi connectivity index (χ0v) is 12.4. The summed E-state index contributed by atoms with van der Waals surface area (Å²) >= 11 is 0. The van der Waals surface area contributed by atoms with Crippen LogP contribution in [0.25, 0.3) is 0 Å². The molecule has 2 aliphatic heterocycles. The van der Waals surface area contributed by atoms with Crippen molar-refractivity contribution in [3.63, 3.8) is 0 Å². The molecule has 2 aliphatic rings. The van der Waals surface area contributed by atoms with Gasteiger partial charge in [0.15, 0.2) is 0 Å². The maximum absolute atomic E-state index is 12.8. The number of amides is 5. The fraction of sp³-hybridized carbons (Fsp3) is 0.333. The summed E-state index contributed by atoms with van der Waals surface area (Å²) < 4.78 is 0. The predicted octanol–water partition coefficient (Wildman–Crippen LogP) is -0.0211. The molecule has 0 aliphatic carbocycles. The quantitative estimate of drug-likeness (QED) is 0.709. The number of imide groups is 1. The van der Waals surface area contributed by atoms with E-state index in [9.17, 15) is 19.2 Å². The van der Waals surface area contributed by atoms with Crippen molar-refractivity contribution in [2.75, 3.05) is 4.90 Å². The number of hydrogen-bond donors (Lipinski definition) is 2. The molecule has 1 saturated heterocycles. The average Bonchev–Trinajstić information content (AvgIpc) is 2.49. The lowest BCUT2D eigenvalue weighted by Gasteiger charge is -2.45. The van der Waals surface area contributed by atoms with Gasteiger partial charge in [0.1, 0.15) is 12.2 Å². The van der Waals surface area contributed by atoms with Gasteiger partial charge < -0.3 is 10.6 Å². The molecule has 0 bridgehead atoms. The SMILES string of the molecule is CC1N(C(N)=O)c2ccc[c]c2C(=O)N1C1CCC(=O)NC1=O. The van der Waals surface area contributed by atoms with E-state index in [1.54, 1.807) is 25.1 Å². The maximum Gasteiger partial charge on any atom is 0.320 e. The molecule has 1 aromatic rings. The third-order valence-electron chi connectivity index (χ3n) is 4.10. The van der Waals surface area contributed by atoms with Gasteiger partial charge in [0.2, 0.25) is 11.8 Å². The van der Waals surface area contributed by atoms with E-state index in [0.717, 1.165) is 0 Å². The average molecular weight is 315 g/mol. The van der Waals surface area contributed by atoms with Crippen LogP contribution in [0.4, 0.5) is 10.5 Å². The minimum atomic E-state index is -0.834. The molecular formula is C15H15N4O4. The van der Waals surface area contributed by atoms with Gasteiger partial charge in [-0.25, -0.2) is 4.79 Å². The molecule has 2 heterocycles. The number of hydrogen-bond acceptors (Lipinski definition) is 4. The van der Waals surface area contributed by atoms with Crippen molar-refractivity contribution in [2.24, 2.45) is 5.73 Å². The number of anilines is 1. The highest BCUT2D eigenvalue weighted by Gasteiger charge is 2.44. The lowest BCUT2D eigenvalue weighted by molar-refractivity contribution is -0.137. The Hall–Kier alpha value is -2.90. The summed E-state index contributed by atoms with van der Waals surface area (Å²) in [5.74, 6) is -1.34. The first-order chi connectivity index (χ1) is 10.9. The Balaban J connectivity index is 2.05. The fourth-order valence-corrected chi connectivity index (χ4v) is 3.08. The molecule has 119 valence electrons. The molecule has 1 fully saturated rings.